The third kappa shape index (κ3) is 3.59. The number of hydrogen-bond donors (Lipinski definition) is 1. The summed E-state index contributed by atoms with van der Waals surface area (Å²) in [4.78, 5) is 26.1. The summed E-state index contributed by atoms with van der Waals surface area (Å²) in [5, 5.41) is 2.72. The molecule has 1 heterocycles. The van der Waals surface area contributed by atoms with Crippen molar-refractivity contribution in [2.24, 2.45) is 5.92 Å². The van der Waals surface area contributed by atoms with Crippen LogP contribution in [0.2, 0.25) is 0 Å². The first-order valence-electron chi connectivity index (χ1n) is 7.15. The second-order valence-corrected chi connectivity index (χ2v) is 6.29. The molecule has 1 N–H and O–H groups in total. The predicted octanol–water partition coefficient (Wildman–Crippen LogP) is 3.58. The SMILES string of the molecule is O=C(Nc1ccc(F)cc1)[C@@H]1CC(=O)N(c2ccc(Br)cc2)C1. The molecule has 0 radical (unpaired) electrons. The zero-order valence-electron chi connectivity index (χ0n) is 12.1. The van der Waals surface area contributed by atoms with E-state index in [9.17, 15) is 14.0 Å². The third-order valence-corrected chi connectivity index (χ3v) is 4.27. The minimum Gasteiger partial charge on any atom is -0.326 e. The largest absolute Gasteiger partial charge is 0.326 e. The standard InChI is InChI=1S/C17H14BrFN2O2/c18-12-1-7-15(8-2-12)21-10-11(9-16(21)22)17(23)20-14-5-3-13(19)4-6-14/h1-8,11H,9-10H2,(H,20,23)/t11-/m1/s1. The van der Waals surface area contributed by atoms with Crippen LogP contribution in [-0.2, 0) is 9.59 Å². The lowest BCUT2D eigenvalue weighted by Gasteiger charge is -2.16. The Bertz CT molecular complexity index is 731. The molecule has 0 spiro atoms. The molecule has 1 atom stereocenters. The molecule has 23 heavy (non-hydrogen) atoms. The third-order valence-electron chi connectivity index (χ3n) is 3.75. The molecule has 0 aromatic heterocycles. The molecule has 2 aromatic rings. The molecule has 1 aliphatic heterocycles. The van der Waals surface area contributed by atoms with Crippen molar-refractivity contribution in [2.45, 2.75) is 6.42 Å². The normalized spacial score (nSPS) is 17.4. The average Bonchev–Trinajstić information content (AvgIpc) is 2.92. The van der Waals surface area contributed by atoms with Crippen LogP contribution in [0.5, 0.6) is 0 Å². The lowest BCUT2D eigenvalue weighted by molar-refractivity contribution is -0.122. The topological polar surface area (TPSA) is 49.4 Å². The lowest BCUT2D eigenvalue weighted by atomic mass is 10.1. The molecule has 0 aliphatic carbocycles. The number of carbonyl (C=O) groups excluding carboxylic acids is 2. The van der Waals surface area contributed by atoms with Crippen LogP contribution < -0.4 is 10.2 Å². The lowest BCUT2D eigenvalue weighted by Crippen LogP contribution is -2.28. The summed E-state index contributed by atoms with van der Waals surface area (Å²) in [6.45, 7) is 0.341. The van der Waals surface area contributed by atoms with Crippen LogP contribution in [0, 0.1) is 11.7 Å². The molecular formula is C17H14BrFN2O2. The van der Waals surface area contributed by atoms with Crippen LogP contribution in [0.25, 0.3) is 0 Å². The van der Waals surface area contributed by atoms with E-state index in [2.05, 4.69) is 21.2 Å². The van der Waals surface area contributed by atoms with Gasteiger partial charge in [-0.15, -0.1) is 0 Å². The fraction of sp³-hybridized carbons (Fsp3) is 0.176. The molecule has 0 saturated carbocycles. The number of hydrogen-bond acceptors (Lipinski definition) is 2. The van der Waals surface area contributed by atoms with Gasteiger partial charge in [0, 0.05) is 28.8 Å². The van der Waals surface area contributed by atoms with Crippen molar-refractivity contribution in [3.05, 3.63) is 58.8 Å². The van der Waals surface area contributed by atoms with E-state index < -0.39 is 5.92 Å². The van der Waals surface area contributed by atoms with Crippen molar-refractivity contribution >= 4 is 39.1 Å². The highest BCUT2D eigenvalue weighted by atomic mass is 79.9. The van der Waals surface area contributed by atoms with E-state index in [1.165, 1.54) is 24.3 Å². The summed E-state index contributed by atoms with van der Waals surface area (Å²) in [7, 11) is 0. The van der Waals surface area contributed by atoms with E-state index in [-0.39, 0.29) is 24.1 Å². The quantitative estimate of drug-likeness (QED) is 0.889. The zero-order valence-corrected chi connectivity index (χ0v) is 13.7. The molecule has 1 aliphatic rings. The molecule has 3 rings (SSSR count). The van der Waals surface area contributed by atoms with Gasteiger partial charge in [-0.05, 0) is 48.5 Å². The van der Waals surface area contributed by atoms with Gasteiger partial charge in [-0.1, -0.05) is 15.9 Å². The van der Waals surface area contributed by atoms with E-state index >= 15 is 0 Å². The monoisotopic (exact) mass is 376 g/mol. The van der Waals surface area contributed by atoms with Crippen molar-refractivity contribution in [3.8, 4) is 0 Å². The predicted molar refractivity (Wildman–Crippen MR) is 89.6 cm³/mol. The Morgan fingerprint density at radius 3 is 2.43 bits per heavy atom. The number of nitrogens with zero attached hydrogens (tertiary/aromatic N) is 1. The van der Waals surface area contributed by atoms with Gasteiger partial charge in [0.2, 0.25) is 11.8 Å². The Labute approximate surface area is 141 Å². The Balaban J connectivity index is 1.68. The average molecular weight is 377 g/mol. The maximum Gasteiger partial charge on any atom is 0.229 e. The molecule has 1 saturated heterocycles. The molecule has 4 nitrogen and oxygen atoms in total. The van der Waals surface area contributed by atoms with Crippen molar-refractivity contribution in [3.63, 3.8) is 0 Å². The smallest absolute Gasteiger partial charge is 0.229 e. The first-order chi connectivity index (χ1) is 11.0. The van der Waals surface area contributed by atoms with Gasteiger partial charge in [0.05, 0.1) is 5.92 Å². The van der Waals surface area contributed by atoms with Crippen LogP contribution in [-0.4, -0.2) is 18.4 Å². The summed E-state index contributed by atoms with van der Waals surface area (Å²) < 4.78 is 13.8. The zero-order chi connectivity index (χ0) is 16.4. The van der Waals surface area contributed by atoms with E-state index in [4.69, 9.17) is 0 Å². The Kier molecular flexibility index (Phi) is 4.43. The Morgan fingerprint density at radius 1 is 1.13 bits per heavy atom. The summed E-state index contributed by atoms with van der Waals surface area (Å²) in [6.07, 6.45) is 0.170. The number of nitrogens with one attached hydrogen (secondary N) is 1. The van der Waals surface area contributed by atoms with Gasteiger partial charge in [0.15, 0.2) is 0 Å². The first kappa shape index (κ1) is 15.7. The second kappa shape index (κ2) is 6.50. The highest BCUT2D eigenvalue weighted by Gasteiger charge is 2.35. The number of amides is 2. The summed E-state index contributed by atoms with van der Waals surface area (Å²) in [5.74, 6) is -1.09. The number of anilines is 2. The van der Waals surface area contributed by atoms with Crippen LogP contribution in [0.3, 0.4) is 0 Å². The van der Waals surface area contributed by atoms with Crippen molar-refractivity contribution in [1.29, 1.82) is 0 Å². The van der Waals surface area contributed by atoms with Gasteiger partial charge < -0.3 is 10.2 Å². The van der Waals surface area contributed by atoms with Crippen LogP contribution in [0.15, 0.2) is 53.0 Å². The van der Waals surface area contributed by atoms with Crippen molar-refractivity contribution in [2.75, 3.05) is 16.8 Å². The first-order valence-corrected chi connectivity index (χ1v) is 7.94. The van der Waals surface area contributed by atoms with E-state index in [1.54, 1.807) is 4.90 Å². The molecule has 2 amide bonds. The van der Waals surface area contributed by atoms with Gasteiger partial charge in [0.25, 0.3) is 0 Å². The summed E-state index contributed by atoms with van der Waals surface area (Å²) in [5.41, 5.74) is 1.29. The fourth-order valence-corrected chi connectivity index (χ4v) is 2.80. The van der Waals surface area contributed by atoms with Crippen molar-refractivity contribution in [1.82, 2.24) is 0 Å². The Morgan fingerprint density at radius 2 is 1.78 bits per heavy atom. The second-order valence-electron chi connectivity index (χ2n) is 5.38. The minimum absolute atomic E-state index is 0.0772. The van der Waals surface area contributed by atoms with Gasteiger partial charge in [0.1, 0.15) is 5.82 Å². The van der Waals surface area contributed by atoms with E-state index in [0.717, 1.165) is 10.2 Å². The minimum atomic E-state index is -0.420. The molecule has 118 valence electrons. The van der Waals surface area contributed by atoms with Gasteiger partial charge in [-0.25, -0.2) is 4.39 Å². The fourth-order valence-electron chi connectivity index (χ4n) is 2.53. The number of rotatable bonds is 3. The summed E-state index contributed by atoms with van der Waals surface area (Å²) >= 11 is 3.35. The van der Waals surface area contributed by atoms with Crippen LogP contribution >= 0.6 is 15.9 Å². The molecular weight excluding hydrogens is 363 g/mol. The van der Waals surface area contributed by atoms with Crippen LogP contribution in [0.4, 0.5) is 15.8 Å². The molecule has 0 bridgehead atoms. The van der Waals surface area contributed by atoms with Gasteiger partial charge in [-0.3, -0.25) is 9.59 Å². The van der Waals surface area contributed by atoms with Crippen molar-refractivity contribution < 1.29 is 14.0 Å². The van der Waals surface area contributed by atoms with Gasteiger partial charge in [-0.2, -0.15) is 0 Å². The molecule has 1 fully saturated rings. The molecule has 2 aromatic carbocycles. The number of halogens is 2. The number of carbonyl (C=O) groups is 2. The van der Waals surface area contributed by atoms with Gasteiger partial charge >= 0.3 is 0 Å². The Hall–Kier alpha value is -2.21. The molecule has 0 unspecified atom stereocenters. The maximum absolute atomic E-state index is 12.9. The highest BCUT2D eigenvalue weighted by molar-refractivity contribution is 9.10. The van der Waals surface area contributed by atoms with E-state index in [1.807, 2.05) is 24.3 Å². The highest BCUT2D eigenvalue weighted by Crippen LogP contribution is 2.27. The summed E-state index contributed by atoms with van der Waals surface area (Å²) in [6, 6.07) is 12.9. The van der Waals surface area contributed by atoms with Crippen LogP contribution in [0.1, 0.15) is 6.42 Å². The van der Waals surface area contributed by atoms with E-state index in [0.29, 0.717) is 12.2 Å². The number of benzene rings is 2. The maximum atomic E-state index is 12.9. The molecule has 6 heteroatoms.